The molecular formula is C18H25ClN2OS. The van der Waals surface area contributed by atoms with E-state index >= 15 is 0 Å². The summed E-state index contributed by atoms with van der Waals surface area (Å²) in [5.74, 6) is 2.65. The molecule has 5 heteroatoms. The van der Waals surface area contributed by atoms with Crippen LogP contribution in [0.15, 0.2) is 24.3 Å². The first kappa shape index (κ1) is 17.1. The van der Waals surface area contributed by atoms with Crippen LogP contribution in [-0.2, 0) is 10.5 Å². The summed E-state index contributed by atoms with van der Waals surface area (Å²) in [4.78, 5) is 12.3. The average Bonchev–Trinajstić information content (AvgIpc) is 2.48. The average molecular weight is 353 g/mol. The molecule has 2 unspecified atom stereocenters. The maximum atomic E-state index is 12.3. The first-order chi connectivity index (χ1) is 11.1. The Bertz CT molecular complexity index is 540. The smallest absolute Gasteiger partial charge is 0.230 e. The van der Waals surface area contributed by atoms with Gasteiger partial charge in [-0.05, 0) is 55.2 Å². The molecule has 126 valence electrons. The van der Waals surface area contributed by atoms with Crippen molar-refractivity contribution in [1.29, 1.82) is 0 Å². The Kier molecular flexibility index (Phi) is 5.89. The third-order valence-electron chi connectivity index (χ3n) is 5.10. The van der Waals surface area contributed by atoms with Gasteiger partial charge in [0.05, 0.1) is 5.75 Å². The van der Waals surface area contributed by atoms with Crippen LogP contribution in [0.4, 0.5) is 0 Å². The molecule has 3 N–H and O–H groups in total. The Labute approximate surface area is 147 Å². The van der Waals surface area contributed by atoms with E-state index in [0.717, 1.165) is 29.2 Å². The van der Waals surface area contributed by atoms with E-state index < -0.39 is 0 Å². The van der Waals surface area contributed by atoms with E-state index in [-0.39, 0.29) is 5.91 Å². The number of carbonyl (C=O) groups is 1. The number of hydrogen-bond acceptors (Lipinski definition) is 3. The van der Waals surface area contributed by atoms with Crippen molar-refractivity contribution in [2.24, 2.45) is 17.6 Å². The van der Waals surface area contributed by atoms with Gasteiger partial charge in [-0.25, -0.2) is 0 Å². The van der Waals surface area contributed by atoms with Gasteiger partial charge in [0.25, 0.3) is 0 Å². The normalized spacial score (nSPS) is 30.0. The maximum absolute atomic E-state index is 12.3. The van der Waals surface area contributed by atoms with E-state index in [2.05, 4.69) is 5.32 Å². The van der Waals surface area contributed by atoms with Crippen molar-refractivity contribution in [3.8, 4) is 0 Å². The van der Waals surface area contributed by atoms with Crippen LogP contribution in [0.1, 0.15) is 37.7 Å². The number of rotatable bonds is 5. The Morgan fingerprint density at radius 2 is 2.04 bits per heavy atom. The molecule has 1 aromatic carbocycles. The molecule has 0 spiro atoms. The topological polar surface area (TPSA) is 55.1 Å². The summed E-state index contributed by atoms with van der Waals surface area (Å²) < 4.78 is 0. The monoisotopic (exact) mass is 352 g/mol. The highest BCUT2D eigenvalue weighted by molar-refractivity contribution is 7.99. The maximum Gasteiger partial charge on any atom is 0.230 e. The van der Waals surface area contributed by atoms with Gasteiger partial charge in [0, 0.05) is 22.9 Å². The second-order valence-electron chi connectivity index (χ2n) is 6.90. The van der Waals surface area contributed by atoms with Crippen molar-refractivity contribution in [3.05, 3.63) is 34.9 Å². The highest BCUT2D eigenvalue weighted by atomic mass is 35.5. The third-order valence-corrected chi connectivity index (χ3v) is 6.33. The molecule has 0 heterocycles. The van der Waals surface area contributed by atoms with Crippen LogP contribution >= 0.6 is 23.4 Å². The largest absolute Gasteiger partial charge is 0.352 e. The number of benzene rings is 1. The Morgan fingerprint density at radius 3 is 2.74 bits per heavy atom. The number of fused-ring (bicyclic) bond motifs is 2. The van der Waals surface area contributed by atoms with Crippen LogP contribution < -0.4 is 11.1 Å². The fourth-order valence-corrected chi connectivity index (χ4v) is 5.14. The second-order valence-corrected chi connectivity index (χ2v) is 8.32. The van der Waals surface area contributed by atoms with Crippen LogP contribution in [0.2, 0.25) is 5.02 Å². The summed E-state index contributed by atoms with van der Waals surface area (Å²) in [6, 6.07) is 8.50. The summed E-state index contributed by atoms with van der Waals surface area (Å²) in [5, 5.41) is 4.05. The molecule has 2 bridgehead atoms. The molecule has 2 fully saturated rings. The molecule has 2 aliphatic rings. The quantitative estimate of drug-likeness (QED) is 0.851. The summed E-state index contributed by atoms with van der Waals surface area (Å²) in [6.45, 7) is 0. The van der Waals surface area contributed by atoms with Crippen LogP contribution in [0, 0.1) is 11.8 Å². The van der Waals surface area contributed by atoms with Crippen LogP contribution in [0.5, 0.6) is 0 Å². The molecule has 1 amide bonds. The van der Waals surface area contributed by atoms with Crippen molar-refractivity contribution in [2.45, 2.75) is 49.9 Å². The molecule has 2 atom stereocenters. The van der Waals surface area contributed by atoms with Gasteiger partial charge < -0.3 is 11.1 Å². The van der Waals surface area contributed by atoms with E-state index in [9.17, 15) is 4.79 Å². The number of thioether (sulfide) groups is 1. The van der Waals surface area contributed by atoms with Gasteiger partial charge in [0.2, 0.25) is 5.91 Å². The van der Waals surface area contributed by atoms with Crippen LogP contribution in [0.3, 0.4) is 0 Å². The van der Waals surface area contributed by atoms with Crippen LogP contribution in [-0.4, -0.2) is 23.7 Å². The van der Waals surface area contributed by atoms with Gasteiger partial charge in [0.1, 0.15) is 0 Å². The van der Waals surface area contributed by atoms with E-state index in [1.54, 1.807) is 11.8 Å². The molecule has 0 saturated heterocycles. The third kappa shape index (κ3) is 4.65. The molecule has 1 aromatic rings. The first-order valence-corrected chi connectivity index (χ1v) is 10.0. The predicted molar refractivity (Wildman–Crippen MR) is 97.6 cm³/mol. The molecule has 23 heavy (non-hydrogen) atoms. The number of hydrogen-bond donors (Lipinski definition) is 2. The molecule has 3 rings (SSSR count). The van der Waals surface area contributed by atoms with Crippen molar-refractivity contribution >= 4 is 29.3 Å². The van der Waals surface area contributed by atoms with Gasteiger partial charge in [-0.15, -0.1) is 11.8 Å². The zero-order valence-corrected chi connectivity index (χ0v) is 14.9. The first-order valence-electron chi connectivity index (χ1n) is 8.49. The van der Waals surface area contributed by atoms with Gasteiger partial charge >= 0.3 is 0 Å². The minimum absolute atomic E-state index is 0.161. The standard InChI is InChI=1S/C18H25ClN2OS/c19-15-6-1-3-12(7-15)10-23-11-17(22)21-18-13-4-2-5-14(18)9-16(20)8-13/h1,3,6-7,13-14,16,18H,2,4-5,8-11,20H2,(H,21,22). The lowest BCUT2D eigenvalue weighted by Crippen LogP contribution is -2.54. The van der Waals surface area contributed by atoms with E-state index in [0.29, 0.717) is 29.7 Å². The van der Waals surface area contributed by atoms with Gasteiger partial charge in [-0.1, -0.05) is 30.2 Å². The highest BCUT2D eigenvalue weighted by Gasteiger charge is 2.39. The minimum atomic E-state index is 0.161. The Balaban J connectivity index is 1.46. The summed E-state index contributed by atoms with van der Waals surface area (Å²) >= 11 is 7.63. The fraction of sp³-hybridized carbons (Fsp3) is 0.611. The molecular weight excluding hydrogens is 328 g/mol. The van der Waals surface area contributed by atoms with Gasteiger partial charge in [-0.3, -0.25) is 4.79 Å². The molecule has 2 saturated carbocycles. The number of carbonyl (C=O) groups excluding carboxylic acids is 1. The lowest BCUT2D eigenvalue weighted by molar-refractivity contribution is -0.120. The van der Waals surface area contributed by atoms with E-state index in [1.165, 1.54) is 19.3 Å². The van der Waals surface area contributed by atoms with Crippen molar-refractivity contribution < 1.29 is 4.79 Å². The highest BCUT2D eigenvalue weighted by Crippen LogP contribution is 2.39. The Hall–Kier alpha value is -0.710. The molecule has 0 aliphatic heterocycles. The Morgan fingerprint density at radius 1 is 1.30 bits per heavy atom. The zero-order valence-electron chi connectivity index (χ0n) is 13.3. The predicted octanol–water partition coefficient (Wildman–Crippen LogP) is 3.60. The number of halogens is 1. The van der Waals surface area contributed by atoms with E-state index in [1.807, 2.05) is 24.3 Å². The number of amides is 1. The SMILES string of the molecule is NC1CC2CCCC(C1)C2NC(=O)CSCc1cccc(Cl)c1. The molecule has 3 nitrogen and oxygen atoms in total. The molecule has 2 aliphatic carbocycles. The molecule has 0 radical (unpaired) electrons. The van der Waals surface area contributed by atoms with Crippen molar-refractivity contribution in [1.82, 2.24) is 5.32 Å². The van der Waals surface area contributed by atoms with Crippen LogP contribution in [0.25, 0.3) is 0 Å². The lowest BCUT2D eigenvalue weighted by Gasteiger charge is -2.45. The van der Waals surface area contributed by atoms with Crippen molar-refractivity contribution in [2.75, 3.05) is 5.75 Å². The molecule has 0 aromatic heterocycles. The number of nitrogens with one attached hydrogen (secondary N) is 1. The summed E-state index contributed by atoms with van der Waals surface area (Å²) in [5.41, 5.74) is 7.31. The van der Waals surface area contributed by atoms with Gasteiger partial charge in [-0.2, -0.15) is 0 Å². The van der Waals surface area contributed by atoms with E-state index in [4.69, 9.17) is 17.3 Å². The minimum Gasteiger partial charge on any atom is -0.352 e. The van der Waals surface area contributed by atoms with Crippen molar-refractivity contribution in [3.63, 3.8) is 0 Å². The zero-order chi connectivity index (χ0) is 16.2. The van der Waals surface area contributed by atoms with Gasteiger partial charge in [0.15, 0.2) is 0 Å². The second kappa shape index (κ2) is 7.91. The number of nitrogens with two attached hydrogens (primary N) is 1. The fourth-order valence-electron chi connectivity index (χ4n) is 4.14. The summed E-state index contributed by atoms with van der Waals surface area (Å²) in [7, 11) is 0. The summed E-state index contributed by atoms with van der Waals surface area (Å²) in [6.07, 6.45) is 5.85. The lowest BCUT2D eigenvalue weighted by atomic mass is 9.67.